The fraction of sp³-hybridized carbons (Fsp3) is 0. The molecule has 2 rings (SSSR count). The van der Waals surface area contributed by atoms with Crippen LogP contribution in [0.3, 0.4) is 0 Å². The molecule has 1 aromatic rings. The minimum atomic E-state index is 0.714. The van der Waals surface area contributed by atoms with E-state index >= 15 is 0 Å². The molecule has 0 fully saturated rings. The topological polar surface area (TPSA) is 38.8 Å². The van der Waals surface area contributed by atoms with Crippen molar-refractivity contribution in [3.05, 3.63) is 41.1 Å². The molecule has 59 valence electrons. The first-order valence-corrected chi connectivity index (χ1v) is 3.81. The highest BCUT2D eigenvalue weighted by molar-refractivity contribution is 6.30. The van der Waals surface area contributed by atoms with Gasteiger partial charge >= 0.3 is 0 Å². The van der Waals surface area contributed by atoms with Gasteiger partial charge in [0.25, 0.3) is 0 Å². The first kappa shape index (κ1) is 7.31. The van der Waals surface area contributed by atoms with Crippen LogP contribution in [0.4, 0.5) is 0 Å². The SMILES string of the molecule is Clc1ccc(C2=C[N]N=N2)cc1. The molecule has 4 heteroatoms. The summed E-state index contributed by atoms with van der Waals surface area (Å²) in [6.45, 7) is 0. The fourth-order valence-corrected chi connectivity index (χ4v) is 1.06. The molecule has 12 heavy (non-hydrogen) atoms. The van der Waals surface area contributed by atoms with Crippen molar-refractivity contribution < 1.29 is 0 Å². The molecule has 1 radical (unpaired) electrons. The summed E-state index contributed by atoms with van der Waals surface area (Å²) < 4.78 is 0. The van der Waals surface area contributed by atoms with E-state index in [4.69, 9.17) is 11.6 Å². The normalized spacial score (nSPS) is 14.2. The molecule has 0 bridgehead atoms. The molecule has 0 saturated carbocycles. The molecular formula is C8H5ClN3. The standard InChI is InChI=1S/C8H5ClN3/c9-7-3-1-6(2-4-7)8-5-10-12-11-8/h1-5H. The highest BCUT2D eigenvalue weighted by Gasteiger charge is 2.04. The van der Waals surface area contributed by atoms with Crippen LogP contribution < -0.4 is 5.43 Å². The van der Waals surface area contributed by atoms with E-state index < -0.39 is 0 Å². The number of rotatable bonds is 1. The molecular weight excluding hydrogens is 174 g/mol. The molecule has 0 saturated heterocycles. The zero-order valence-corrected chi connectivity index (χ0v) is 6.86. The lowest BCUT2D eigenvalue weighted by Crippen LogP contribution is -1.78. The quantitative estimate of drug-likeness (QED) is 0.634. The number of nitrogens with zero attached hydrogens (tertiary/aromatic N) is 3. The van der Waals surface area contributed by atoms with E-state index in [1.807, 2.05) is 24.3 Å². The van der Waals surface area contributed by atoms with Gasteiger partial charge in [0, 0.05) is 10.6 Å². The van der Waals surface area contributed by atoms with Crippen LogP contribution in [0, 0.1) is 0 Å². The summed E-state index contributed by atoms with van der Waals surface area (Å²) in [6.07, 6.45) is 1.61. The molecule has 3 nitrogen and oxygen atoms in total. The Morgan fingerprint density at radius 3 is 2.42 bits per heavy atom. The Hall–Kier alpha value is -1.35. The van der Waals surface area contributed by atoms with Gasteiger partial charge in [0.15, 0.2) is 0 Å². The predicted octanol–water partition coefficient (Wildman–Crippen LogP) is 2.62. The summed E-state index contributed by atoms with van der Waals surface area (Å²) in [5.74, 6) is 0. The zero-order valence-electron chi connectivity index (χ0n) is 6.11. The Labute approximate surface area is 74.7 Å². The maximum absolute atomic E-state index is 5.72. The number of hydrogen-bond acceptors (Lipinski definition) is 2. The lowest BCUT2D eigenvalue weighted by molar-refractivity contribution is 0.906. The van der Waals surface area contributed by atoms with Gasteiger partial charge in [-0.3, -0.25) is 0 Å². The van der Waals surface area contributed by atoms with Crippen molar-refractivity contribution in [2.75, 3.05) is 0 Å². The van der Waals surface area contributed by atoms with Gasteiger partial charge in [-0.05, 0) is 17.4 Å². The predicted molar refractivity (Wildman–Crippen MR) is 46.4 cm³/mol. The number of halogens is 1. The molecule has 0 unspecified atom stereocenters. The maximum Gasteiger partial charge on any atom is 0.115 e. The van der Waals surface area contributed by atoms with Crippen molar-refractivity contribution in [2.24, 2.45) is 10.3 Å². The van der Waals surface area contributed by atoms with Gasteiger partial charge in [-0.2, -0.15) is 0 Å². The minimum Gasteiger partial charge on any atom is -0.136 e. The smallest absolute Gasteiger partial charge is 0.115 e. The Balaban J connectivity index is 2.35. The van der Waals surface area contributed by atoms with Crippen LogP contribution in [0.5, 0.6) is 0 Å². The highest BCUT2D eigenvalue weighted by atomic mass is 35.5. The summed E-state index contributed by atoms with van der Waals surface area (Å²) in [6, 6.07) is 7.39. The molecule has 0 spiro atoms. The van der Waals surface area contributed by atoms with E-state index in [-0.39, 0.29) is 0 Å². The largest absolute Gasteiger partial charge is 0.136 e. The summed E-state index contributed by atoms with van der Waals surface area (Å²) in [7, 11) is 0. The third kappa shape index (κ3) is 1.31. The summed E-state index contributed by atoms with van der Waals surface area (Å²) >= 11 is 5.72. The second kappa shape index (κ2) is 2.95. The van der Waals surface area contributed by atoms with Gasteiger partial charge in [-0.1, -0.05) is 23.7 Å². The second-order valence-corrected chi connectivity index (χ2v) is 2.76. The van der Waals surface area contributed by atoms with Crippen molar-refractivity contribution in [2.45, 2.75) is 0 Å². The Bertz CT molecular complexity index is 340. The van der Waals surface area contributed by atoms with Crippen LogP contribution in [0.1, 0.15) is 5.56 Å². The van der Waals surface area contributed by atoms with Crippen LogP contribution in [0.2, 0.25) is 5.02 Å². The minimum absolute atomic E-state index is 0.714. The van der Waals surface area contributed by atoms with Crippen LogP contribution in [0.25, 0.3) is 5.70 Å². The van der Waals surface area contributed by atoms with Crippen LogP contribution >= 0.6 is 11.6 Å². The monoisotopic (exact) mass is 178 g/mol. The summed E-state index contributed by atoms with van der Waals surface area (Å²) in [5, 5.41) is 8.01. The van der Waals surface area contributed by atoms with Crippen molar-refractivity contribution in [1.29, 1.82) is 0 Å². The van der Waals surface area contributed by atoms with E-state index in [1.54, 1.807) is 6.20 Å². The lowest BCUT2D eigenvalue weighted by Gasteiger charge is -1.95. The molecule has 0 atom stereocenters. The van der Waals surface area contributed by atoms with Gasteiger partial charge in [0.05, 0.1) is 6.20 Å². The van der Waals surface area contributed by atoms with Crippen molar-refractivity contribution in [1.82, 2.24) is 5.43 Å². The Morgan fingerprint density at radius 1 is 1.08 bits per heavy atom. The maximum atomic E-state index is 5.72. The average molecular weight is 179 g/mol. The first-order valence-electron chi connectivity index (χ1n) is 3.43. The van der Waals surface area contributed by atoms with Crippen LogP contribution in [-0.2, 0) is 0 Å². The van der Waals surface area contributed by atoms with Crippen molar-refractivity contribution >= 4 is 17.3 Å². The van der Waals surface area contributed by atoms with Crippen LogP contribution in [0.15, 0.2) is 40.8 Å². The van der Waals surface area contributed by atoms with E-state index in [2.05, 4.69) is 15.8 Å². The van der Waals surface area contributed by atoms with Gasteiger partial charge in [-0.25, -0.2) is 0 Å². The molecule has 1 aliphatic heterocycles. The third-order valence-corrected chi connectivity index (χ3v) is 1.78. The van der Waals surface area contributed by atoms with E-state index in [1.165, 1.54) is 0 Å². The average Bonchev–Trinajstić information content (AvgIpc) is 2.58. The molecule has 0 aromatic heterocycles. The summed E-state index contributed by atoms with van der Waals surface area (Å²) in [5.41, 5.74) is 5.37. The Kier molecular flexibility index (Phi) is 1.80. The first-order chi connectivity index (χ1) is 5.86. The van der Waals surface area contributed by atoms with Gasteiger partial charge in [0.1, 0.15) is 5.70 Å². The lowest BCUT2D eigenvalue weighted by atomic mass is 10.2. The molecule has 0 aliphatic carbocycles. The Morgan fingerprint density at radius 2 is 1.83 bits per heavy atom. The third-order valence-electron chi connectivity index (χ3n) is 1.52. The number of hydrogen-bond donors (Lipinski definition) is 0. The molecule has 0 N–H and O–H groups in total. The molecule has 1 aliphatic rings. The second-order valence-electron chi connectivity index (χ2n) is 2.33. The van der Waals surface area contributed by atoms with Gasteiger partial charge < -0.3 is 0 Å². The zero-order chi connectivity index (χ0) is 8.39. The summed E-state index contributed by atoms with van der Waals surface area (Å²) in [4.78, 5) is 0. The van der Waals surface area contributed by atoms with Crippen LogP contribution in [-0.4, -0.2) is 0 Å². The van der Waals surface area contributed by atoms with Crippen molar-refractivity contribution in [3.8, 4) is 0 Å². The van der Waals surface area contributed by atoms with E-state index in [0.717, 1.165) is 11.3 Å². The molecule has 1 aromatic carbocycles. The van der Waals surface area contributed by atoms with E-state index in [9.17, 15) is 0 Å². The molecule has 1 heterocycles. The highest BCUT2D eigenvalue weighted by Crippen LogP contribution is 2.20. The number of benzene rings is 1. The van der Waals surface area contributed by atoms with E-state index in [0.29, 0.717) is 5.02 Å². The van der Waals surface area contributed by atoms with Gasteiger partial charge in [0.2, 0.25) is 0 Å². The van der Waals surface area contributed by atoms with Gasteiger partial charge in [-0.15, -0.1) is 10.5 Å². The molecule has 0 amide bonds. The van der Waals surface area contributed by atoms with Crippen molar-refractivity contribution in [3.63, 3.8) is 0 Å². The fourth-order valence-electron chi connectivity index (χ4n) is 0.933.